The minimum absolute atomic E-state index is 0.143. The summed E-state index contributed by atoms with van der Waals surface area (Å²) in [5.41, 5.74) is 3.75. The van der Waals surface area contributed by atoms with Crippen LogP contribution in [0.2, 0.25) is 0 Å². The molecule has 2 N–H and O–H groups in total. The second-order valence-corrected chi connectivity index (χ2v) is 8.02. The lowest BCUT2D eigenvalue weighted by Crippen LogP contribution is -2.49. The highest BCUT2D eigenvalue weighted by Gasteiger charge is 2.22. The van der Waals surface area contributed by atoms with Crippen molar-refractivity contribution in [1.82, 2.24) is 25.2 Å². The standard InChI is InChI=1S/C24H28N6O2/c1-18-2-4-19(5-3-18)14-23(31)30-12-10-29(11-13-30)22-7-6-20(15-27-22)24(32)26-9-8-21-16-25-17-28-21/h2-7,15-17H,8-14H2,1H3,(H,25,28)(H,26,32). The van der Waals surface area contributed by atoms with Crippen LogP contribution in [0.15, 0.2) is 55.1 Å². The summed E-state index contributed by atoms with van der Waals surface area (Å²) < 4.78 is 0. The van der Waals surface area contributed by atoms with Gasteiger partial charge in [-0.25, -0.2) is 9.97 Å². The summed E-state index contributed by atoms with van der Waals surface area (Å²) in [6.45, 7) is 5.36. The number of pyridine rings is 1. The second kappa shape index (κ2) is 10.1. The van der Waals surface area contributed by atoms with Crippen molar-refractivity contribution in [3.05, 3.63) is 77.5 Å². The van der Waals surface area contributed by atoms with Crippen molar-refractivity contribution in [1.29, 1.82) is 0 Å². The van der Waals surface area contributed by atoms with Crippen molar-refractivity contribution in [2.24, 2.45) is 0 Å². The van der Waals surface area contributed by atoms with Crippen LogP contribution in [0.3, 0.4) is 0 Å². The number of aromatic amines is 1. The largest absolute Gasteiger partial charge is 0.353 e. The first-order valence-electron chi connectivity index (χ1n) is 10.9. The Labute approximate surface area is 187 Å². The Morgan fingerprint density at radius 1 is 1.03 bits per heavy atom. The van der Waals surface area contributed by atoms with E-state index in [1.165, 1.54) is 5.56 Å². The van der Waals surface area contributed by atoms with E-state index in [2.05, 4.69) is 25.2 Å². The van der Waals surface area contributed by atoms with Crippen LogP contribution in [0, 0.1) is 6.92 Å². The number of carbonyl (C=O) groups is 2. The van der Waals surface area contributed by atoms with Crippen LogP contribution >= 0.6 is 0 Å². The van der Waals surface area contributed by atoms with E-state index in [-0.39, 0.29) is 11.8 Å². The van der Waals surface area contributed by atoms with Crippen molar-refractivity contribution < 1.29 is 9.59 Å². The monoisotopic (exact) mass is 432 g/mol. The highest BCUT2D eigenvalue weighted by atomic mass is 16.2. The number of carbonyl (C=O) groups excluding carboxylic acids is 2. The molecule has 0 spiro atoms. The molecule has 32 heavy (non-hydrogen) atoms. The zero-order valence-corrected chi connectivity index (χ0v) is 18.3. The maximum atomic E-state index is 12.6. The van der Waals surface area contributed by atoms with Crippen LogP contribution < -0.4 is 10.2 Å². The Hall–Kier alpha value is -3.68. The highest BCUT2D eigenvalue weighted by Crippen LogP contribution is 2.15. The number of H-pyrrole nitrogens is 1. The van der Waals surface area contributed by atoms with Gasteiger partial charge in [-0.1, -0.05) is 29.8 Å². The lowest BCUT2D eigenvalue weighted by Gasteiger charge is -2.35. The number of nitrogens with zero attached hydrogens (tertiary/aromatic N) is 4. The Bertz CT molecular complexity index is 1020. The third-order valence-electron chi connectivity index (χ3n) is 5.68. The second-order valence-electron chi connectivity index (χ2n) is 8.02. The highest BCUT2D eigenvalue weighted by molar-refractivity contribution is 5.94. The van der Waals surface area contributed by atoms with Gasteiger partial charge in [0, 0.05) is 57.2 Å². The Balaban J connectivity index is 1.24. The molecule has 2 aromatic heterocycles. The Kier molecular flexibility index (Phi) is 6.79. The number of aromatic nitrogens is 3. The number of imidazole rings is 1. The predicted octanol–water partition coefficient (Wildman–Crippen LogP) is 1.98. The number of piperazine rings is 1. The molecule has 1 aliphatic heterocycles. The molecule has 166 valence electrons. The predicted molar refractivity (Wildman–Crippen MR) is 123 cm³/mol. The number of anilines is 1. The van der Waals surface area contributed by atoms with Crippen LogP contribution in [0.25, 0.3) is 0 Å². The molecule has 0 atom stereocenters. The van der Waals surface area contributed by atoms with E-state index in [4.69, 9.17) is 0 Å². The molecule has 4 rings (SSSR count). The number of rotatable bonds is 7. The van der Waals surface area contributed by atoms with Gasteiger partial charge >= 0.3 is 0 Å². The lowest BCUT2D eigenvalue weighted by atomic mass is 10.1. The van der Waals surface area contributed by atoms with Crippen molar-refractivity contribution in [2.45, 2.75) is 19.8 Å². The molecular formula is C24H28N6O2. The van der Waals surface area contributed by atoms with Gasteiger partial charge in [-0.05, 0) is 24.6 Å². The summed E-state index contributed by atoms with van der Waals surface area (Å²) in [5.74, 6) is 0.836. The minimum Gasteiger partial charge on any atom is -0.353 e. The molecule has 0 radical (unpaired) electrons. The molecule has 8 nitrogen and oxygen atoms in total. The smallest absolute Gasteiger partial charge is 0.252 e. The van der Waals surface area contributed by atoms with Gasteiger partial charge in [-0.15, -0.1) is 0 Å². The molecule has 0 aliphatic carbocycles. The van der Waals surface area contributed by atoms with Gasteiger partial charge in [0.05, 0.1) is 18.3 Å². The number of hydrogen-bond acceptors (Lipinski definition) is 5. The molecular weight excluding hydrogens is 404 g/mol. The van der Waals surface area contributed by atoms with Crippen molar-refractivity contribution >= 4 is 17.6 Å². The molecule has 1 aliphatic rings. The van der Waals surface area contributed by atoms with Crippen molar-refractivity contribution in [3.8, 4) is 0 Å². The summed E-state index contributed by atoms with van der Waals surface area (Å²) >= 11 is 0. The summed E-state index contributed by atoms with van der Waals surface area (Å²) in [6.07, 6.45) is 6.11. The fourth-order valence-corrected chi connectivity index (χ4v) is 3.72. The fourth-order valence-electron chi connectivity index (χ4n) is 3.72. The first-order chi connectivity index (χ1) is 15.6. The van der Waals surface area contributed by atoms with Gasteiger partial charge in [-0.2, -0.15) is 0 Å². The van der Waals surface area contributed by atoms with Crippen molar-refractivity contribution in [2.75, 3.05) is 37.6 Å². The summed E-state index contributed by atoms with van der Waals surface area (Å²) in [5, 5.41) is 2.89. The summed E-state index contributed by atoms with van der Waals surface area (Å²) in [6, 6.07) is 11.8. The van der Waals surface area contributed by atoms with Crippen LogP contribution in [0.1, 0.15) is 27.2 Å². The van der Waals surface area contributed by atoms with Gasteiger partial charge in [0.25, 0.3) is 5.91 Å². The molecule has 8 heteroatoms. The SMILES string of the molecule is Cc1ccc(CC(=O)N2CCN(c3ccc(C(=O)NCCc4cnc[nH]4)cn3)CC2)cc1. The first kappa shape index (κ1) is 21.5. The minimum atomic E-state index is -0.143. The van der Waals surface area contributed by atoms with Gasteiger partial charge in [0.1, 0.15) is 5.82 Å². The summed E-state index contributed by atoms with van der Waals surface area (Å²) in [7, 11) is 0. The number of benzene rings is 1. The van der Waals surface area contributed by atoms with Gasteiger partial charge in [0.15, 0.2) is 0 Å². The topological polar surface area (TPSA) is 94.2 Å². The zero-order chi connectivity index (χ0) is 22.3. The van der Waals surface area contributed by atoms with Gasteiger partial charge < -0.3 is 20.1 Å². The van der Waals surface area contributed by atoms with Crippen LogP contribution in [0.5, 0.6) is 0 Å². The van der Waals surface area contributed by atoms with Gasteiger partial charge in [-0.3, -0.25) is 9.59 Å². The Morgan fingerprint density at radius 2 is 1.81 bits per heavy atom. The molecule has 0 unspecified atom stereocenters. The maximum Gasteiger partial charge on any atom is 0.252 e. The normalized spacial score (nSPS) is 13.8. The van der Waals surface area contributed by atoms with E-state index in [1.54, 1.807) is 24.8 Å². The fraction of sp³-hybridized carbons (Fsp3) is 0.333. The van der Waals surface area contributed by atoms with E-state index in [9.17, 15) is 9.59 Å². The van der Waals surface area contributed by atoms with E-state index < -0.39 is 0 Å². The molecule has 1 fully saturated rings. The number of hydrogen-bond donors (Lipinski definition) is 2. The lowest BCUT2D eigenvalue weighted by molar-refractivity contribution is -0.130. The first-order valence-corrected chi connectivity index (χ1v) is 10.9. The third kappa shape index (κ3) is 5.51. The molecule has 1 aromatic carbocycles. The van der Waals surface area contributed by atoms with Crippen LogP contribution in [-0.2, 0) is 17.6 Å². The van der Waals surface area contributed by atoms with E-state index in [1.807, 2.05) is 42.2 Å². The number of amides is 2. The quantitative estimate of drug-likeness (QED) is 0.595. The van der Waals surface area contributed by atoms with E-state index in [0.29, 0.717) is 38.0 Å². The summed E-state index contributed by atoms with van der Waals surface area (Å²) in [4.78, 5) is 40.4. The molecule has 3 heterocycles. The Morgan fingerprint density at radius 3 is 2.47 bits per heavy atom. The van der Waals surface area contributed by atoms with Crippen LogP contribution in [-0.4, -0.2) is 64.4 Å². The average Bonchev–Trinajstić information content (AvgIpc) is 3.34. The van der Waals surface area contributed by atoms with E-state index in [0.717, 1.165) is 30.2 Å². The van der Waals surface area contributed by atoms with Crippen LogP contribution in [0.4, 0.5) is 5.82 Å². The molecule has 1 saturated heterocycles. The van der Waals surface area contributed by atoms with Crippen molar-refractivity contribution in [3.63, 3.8) is 0 Å². The number of aryl methyl sites for hydroxylation is 1. The zero-order valence-electron chi connectivity index (χ0n) is 18.3. The average molecular weight is 433 g/mol. The van der Waals surface area contributed by atoms with E-state index >= 15 is 0 Å². The molecule has 0 bridgehead atoms. The molecule has 2 amide bonds. The molecule has 3 aromatic rings. The molecule has 0 saturated carbocycles. The maximum absolute atomic E-state index is 12.6. The number of nitrogens with one attached hydrogen (secondary N) is 2. The third-order valence-corrected chi connectivity index (χ3v) is 5.68. The van der Waals surface area contributed by atoms with Gasteiger partial charge in [0.2, 0.25) is 5.91 Å².